The molecule has 1 saturated heterocycles. The normalized spacial score (nSPS) is 20.2. The lowest BCUT2D eigenvalue weighted by Crippen LogP contribution is -2.06. The molecule has 0 N–H and O–H groups in total. The molecule has 0 atom stereocenters. The van der Waals surface area contributed by atoms with Crippen LogP contribution >= 0.6 is 0 Å². The molecule has 5 heteroatoms. The van der Waals surface area contributed by atoms with Gasteiger partial charge < -0.3 is 10.3 Å². The summed E-state index contributed by atoms with van der Waals surface area (Å²) in [5.74, 6) is -1.31. The van der Waals surface area contributed by atoms with Crippen LogP contribution in [0.1, 0.15) is 6.42 Å². The minimum absolute atomic E-state index is 0.170. The zero-order chi connectivity index (χ0) is 9.42. The van der Waals surface area contributed by atoms with E-state index < -0.39 is 11.9 Å². The summed E-state index contributed by atoms with van der Waals surface area (Å²) in [5.41, 5.74) is 9.21. The fraction of sp³-hybridized carbons (Fsp3) is 0.125. The number of rotatable bonds is 0. The summed E-state index contributed by atoms with van der Waals surface area (Å²) in [6.45, 7) is 0. The van der Waals surface area contributed by atoms with Crippen LogP contribution in [0.5, 0.6) is 0 Å². The molecule has 0 aromatic heterocycles. The number of ether oxygens (including phenoxy) is 1. The van der Waals surface area contributed by atoms with E-state index in [4.69, 9.17) is 5.53 Å². The highest BCUT2D eigenvalue weighted by molar-refractivity contribution is 6.21. The number of carbonyl (C=O) groups excluding carboxylic acids is 2. The van der Waals surface area contributed by atoms with Gasteiger partial charge in [-0.3, -0.25) is 0 Å². The van der Waals surface area contributed by atoms with Crippen molar-refractivity contribution in [3.8, 4) is 0 Å². The second kappa shape index (κ2) is 2.50. The average Bonchev–Trinajstić information content (AvgIpc) is 2.42. The number of hydrogen-bond donors (Lipinski definition) is 0. The summed E-state index contributed by atoms with van der Waals surface area (Å²) in [7, 11) is 0. The molecule has 0 radical (unpaired) electrons. The molecule has 0 saturated carbocycles. The summed E-state index contributed by atoms with van der Waals surface area (Å²) in [4.78, 5) is 24.9. The molecule has 2 aliphatic rings. The molecule has 5 nitrogen and oxygen atoms in total. The molecule has 0 amide bonds. The van der Waals surface area contributed by atoms with E-state index in [9.17, 15) is 9.59 Å². The lowest BCUT2D eigenvalue weighted by atomic mass is 9.99. The Bertz CT molecular complexity index is 425. The maximum absolute atomic E-state index is 11.0. The SMILES string of the molecule is [N-]=[N+]=C1C=C2C(=O)OC(=O)C2=CC1. The first-order valence-electron chi connectivity index (χ1n) is 3.62. The summed E-state index contributed by atoms with van der Waals surface area (Å²) >= 11 is 0. The number of esters is 2. The van der Waals surface area contributed by atoms with Gasteiger partial charge >= 0.3 is 11.9 Å². The van der Waals surface area contributed by atoms with Crippen molar-refractivity contribution in [3.63, 3.8) is 0 Å². The lowest BCUT2D eigenvalue weighted by molar-refractivity contribution is -0.149. The number of carbonyl (C=O) groups is 2. The monoisotopic (exact) mass is 176 g/mol. The van der Waals surface area contributed by atoms with Gasteiger partial charge in [-0.2, -0.15) is 4.79 Å². The third-order valence-corrected chi connectivity index (χ3v) is 1.87. The van der Waals surface area contributed by atoms with E-state index in [-0.39, 0.29) is 11.1 Å². The molecule has 0 aromatic carbocycles. The molecule has 1 aliphatic carbocycles. The number of hydrogen-bond acceptors (Lipinski definition) is 3. The van der Waals surface area contributed by atoms with Crippen LogP contribution in [0, 0.1) is 0 Å². The van der Waals surface area contributed by atoms with Gasteiger partial charge in [0.2, 0.25) is 0 Å². The van der Waals surface area contributed by atoms with Gasteiger partial charge in [-0.15, -0.1) is 0 Å². The van der Waals surface area contributed by atoms with Crippen LogP contribution in [0.25, 0.3) is 5.53 Å². The number of nitrogens with zero attached hydrogens (tertiary/aromatic N) is 2. The molecular formula is C8H4N2O3. The van der Waals surface area contributed by atoms with E-state index in [2.05, 4.69) is 9.53 Å². The van der Waals surface area contributed by atoms with Gasteiger partial charge in [0.1, 0.15) is 0 Å². The van der Waals surface area contributed by atoms with Crippen molar-refractivity contribution in [2.75, 3.05) is 0 Å². The van der Waals surface area contributed by atoms with Crippen molar-refractivity contribution >= 4 is 17.7 Å². The predicted octanol–water partition coefficient (Wildman–Crippen LogP) is -0.00290. The van der Waals surface area contributed by atoms with Crippen molar-refractivity contribution in [3.05, 3.63) is 28.8 Å². The Balaban J connectivity index is 2.54. The third-order valence-electron chi connectivity index (χ3n) is 1.87. The fourth-order valence-electron chi connectivity index (χ4n) is 1.25. The summed E-state index contributed by atoms with van der Waals surface area (Å²) < 4.78 is 4.35. The van der Waals surface area contributed by atoms with E-state index in [0.717, 1.165) is 0 Å². The Morgan fingerprint density at radius 1 is 1.31 bits per heavy atom. The molecule has 0 spiro atoms. The number of fused-ring (bicyclic) bond motifs is 1. The zero-order valence-electron chi connectivity index (χ0n) is 6.48. The minimum Gasteiger partial charge on any atom is -0.386 e. The molecule has 1 fully saturated rings. The Morgan fingerprint density at radius 2 is 2.00 bits per heavy atom. The van der Waals surface area contributed by atoms with E-state index in [1.165, 1.54) is 12.2 Å². The van der Waals surface area contributed by atoms with Gasteiger partial charge in [0.25, 0.3) is 5.71 Å². The Kier molecular flexibility index (Phi) is 1.47. The molecule has 64 valence electrons. The standard InChI is InChI=1S/C8H4N2O3/c9-10-4-1-2-5-6(3-4)8(12)13-7(5)11/h2-3H,1H2. The average molecular weight is 176 g/mol. The molecule has 13 heavy (non-hydrogen) atoms. The van der Waals surface area contributed by atoms with Crippen LogP contribution in [0.15, 0.2) is 23.3 Å². The van der Waals surface area contributed by atoms with Crippen LogP contribution in [0.4, 0.5) is 0 Å². The zero-order valence-corrected chi connectivity index (χ0v) is 6.48. The van der Waals surface area contributed by atoms with E-state index in [0.29, 0.717) is 12.1 Å². The lowest BCUT2D eigenvalue weighted by Gasteiger charge is -1.96. The van der Waals surface area contributed by atoms with Gasteiger partial charge in [-0.05, 0) is 0 Å². The maximum Gasteiger partial charge on any atom is 0.347 e. The molecule has 0 bridgehead atoms. The highest BCUT2D eigenvalue weighted by atomic mass is 16.6. The van der Waals surface area contributed by atoms with Crippen molar-refractivity contribution in [1.29, 1.82) is 0 Å². The second-order valence-corrected chi connectivity index (χ2v) is 2.65. The molecule has 2 rings (SSSR count). The topological polar surface area (TPSA) is 79.8 Å². The molecule has 1 heterocycles. The second-order valence-electron chi connectivity index (χ2n) is 2.65. The molecule has 0 unspecified atom stereocenters. The fourth-order valence-corrected chi connectivity index (χ4v) is 1.25. The first-order valence-corrected chi connectivity index (χ1v) is 3.62. The quantitative estimate of drug-likeness (QED) is 0.225. The van der Waals surface area contributed by atoms with Crippen LogP contribution in [0.2, 0.25) is 0 Å². The van der Waals surface area contributed by atoms with Crippen LogP contribution in [-0.4, -0.2) is 22.4 Å². The summed E-state index contributed by atoms with van der Waals surface area (Å²) in [5, 5.41) is 0. The van der Waals surface area contributed by atoms with Gasteiger partial charge in [0, 0.05) is 6.08 Å². The van der Waals surface area contributed by atoms with Crippen molar-refractivity contribution in [2.45, 2.75) is 6.42 Å². The van der Waals surface area contributed by atoms with Gasteiger partial charge in [0.05, 0.1) is 17.6 Å². The third kappa shape index (κ3) is 1.02. The van der Waals surface area contributed by atoms with Crippen molar-refractivity contribution in [1.82, 2.24) is 0 Å². The molecular weight excluding hydrogens is 172 g/mol. The highest BCUT2D eigenvalue weighted by Crippen LogP contribution is 2.25. The Hall–Kier alpha value is -2.00. The smallest absolute Gasteiger partial charge is 0.347 e. The van der Waals surface area contributed by atoms with Crippen LogP contribution in [0.3, 0.4) is 0 Å². The first kappa shape index (κ1) is 7.64. The highest BCUT2D eigenvalue weighted by Gasteiger charge is 2.36. The van der Waals surface area contributed by atoms with E-state index in [1.807, 2.05) is 0 Å². The first-order chi connectivity index (χ1) is 6.22. The summed E-state index contributed by atoms with van der Waals surface area (Å²) in [6, 6.07) is 0. The predicted molar refractivity (Wildman–Crippen MR) is 40.5 cm³/mol. The number of cyclic esters (lactones) is 2. The van der Waals surface area contributed by atoms with Crippen LogP contribution in [-0.2, 0) is 14.3 Å². The summed E-state index contributed by atoms with van der Waals surface area (Å²) in [6.07, 6.45) is 3.19. The van der Waals surface area contributed by atoms with E-state index in [1.54, 1.807) is 0 Å². The van der Waals surface area contributed by atoms with Gasteiger partial charge in [0.15, 0.2) is 0 Å². The van der Waals surface area contributed by atoms with E-state index >= 15 is 0 Å². The number of allylic oxidation sites excluding steroid dienone is 2. The van der Waals surface area contributed by atoms with Gasteiger partial charge in [-0.25, -0.2) is 9.59 Å². The van der Waals surface area contributed by atoms with Crippen molar-refractivity contribution < 1.29 is 19.1 Å². The van der Waals surface area contributed by atoms with Gasteiger partial charge in [-0.1, -0.05) is 6.08 Å². The van der Waals surface area contributed by atoms with Crippen molar-refractivity contribution in [2.24, 2.45) is 0 Å². The van der Waals surface area contributed by atoms with Crippen LogP contribution < -0.4 is 0 Å². The Labute approximate surface area is 72.9 Å². The Morgan fingerprint density at radius 3 is 2.69 bits per heavy atom. The molecule has 0 aromatic rings. The maximum atomic E-state index is 11.0. The minimum atomic E-state index is -0.683. The molecule has 1 aliphatic heterocycles. The largest absolute Gasteiger partial charge is 0.386 e.